The van der Waals surface area contributed by atoms with Crippen molar-refractivity contribution >= 4 is 22.2 Å². The van der Waals surface area contributed by atoms with Crippen LogP contribution in [0.15, 0.2) is 12.2 Å². The van der Waals surface area contributed by atoms with Gasteiger partial charge in [-0.3, -0.25) is 0 Å². The number of rotatable bonds is 3. The quantitative estimate of drug-likeness (QED) is 0.398. The standard InChI is InChI=1S/C9H14O5Si/c10-7(11)3-4-8(12)14-9(15)5-1-2-6-13-9/h3-4H,1-2,5-6H2,15H3,(H,10,11)/b4-3+. The lowest BCUT2D eigenvalue weighted by Gasteiger charge is -2.33. The fourth-order valence-electron chi connectivity index (χ4n) is 1.38. The van der Waals surface area contributed by atoms with Gasteiger partial charge in [0.25, 0.3) is 0 Å². The number of hydrogen-bond acceptors (Lipinski definition) is 4. The fraction of sp³-hybridized carbons (Fsp3) is 0.556. The fourth-order valence-corrected chi connectivity index (χ4v) is 2.13. The third-order valence-corrected chi connectivity index (χ3v) is 3.10. The third kappa shape index (κ3) is 4.26. The second-order valence-electron chi connectivity index (χ2n) is 3.53. The van der Waals surface area contributed by atoms with Gasteiger partial charge in [-0.15, -0.1) is 0 Å². The van der Waals surface area contributed by atoms with Crippen LogP contribution in [0, 0.1) is 0 Å². The molecule has 0 amide bonds. The monoisotopic (exact) mass is 230 g/mol. The number of aliphatic carboxylic acids is 1. The zero-order valence-corrected chi connectivity index (χ0v) is 10.6. The molecule has 0 saturated carbocycles. The summed E-state index contributed by atoms with van der Waals surface area (Å²) in [6.07, 6.45) is 4.31. The van der Waals surface area contributed by atoms with Crippen LogP contribution in [-0.2, 0) is 19.1 Å². The van der Waals surface area contributed by atoms with Crippen LogP contribution in [0.5, 0.6) is 0 Å². The lowest BCUT2D eigenvalue weighted by Crippen LogP contribution is -2.41. The van der Waals surface area contributed by atoms with Crippen molar-refractivity contribution in [3.8, 4) is 0 Å². The Bertz CT molecular complexity index is 280. The van der Waals surface area contributed by atoms with E-state index in [4.69, 9.17) is 14.6 Å². The molecule has 0 aromatic heterocycles. The van der Waals surface area contributed by atoms with Crippen LogP contribution in [0.2, 0.25) is 0 Å². The van der Waals surface area contributed by atoms with E-state index in [9.17, 15) is 9.59 Å². The maximum Gasteiger partial charge on any atom is 0.333 e. The Morgan fingerprint density at radius 3 is 2.67 bits per heavy atom. The van der Waals surface area contributed by atoms with Crippen molar-refractivity contribution in [3.05, 3.63) is 12.2 Å². The van der Waals surface area contributed by atoms with E-state index >= 15 is 0 Å². The molecule has 1 atom stereocenters. The predicted octanol–water partition coefficient (Wildman–Crippen LogP) is -0.610. The van der Waals surface area contributed by atoms with Crippen LogP contribution < -0.4 is 0 Å². The van der Waals surface area contributed by atoms with Crippen molar-refractivity contribution in [2.45, 2.75) is 24.7 Å². The molecule has 5 nitrogen and oxygen atoms in total. The first kappa shape index (κ1) is 11.9. The second-order valence-corrected chi connectivity index (χ2v) is 5.06. The predicted molar refractivity (Wildman–Crippen MR) is 55.3 cm³/mol. The molecule has 1 rings (SSSR count). The van der Waals surface area contributed by atoms with Gasteiger partial charge in [0.1, 0.15) is 0 Å². The summed E-state index contributed by atoms with van der Waals surface area (Å²) in [4.78, 5) is 21.3. The summed E-state index contributed by atoms with van der Waals surface area (Å²) in [6.45, 7) is 0.597. The molecular weight excluding hydrogens is 216 g/mol. The Morgan fingerprint density at radius 2 is 2.13 bits per heavy atom. The Labute approximate surface area is 90.5 Å². The van der Waals surface area contributed by atoms with Gasteiger partial charge in [-0.25, -0.2) is 9.59 Å². The Balaban J connectivity index is 2.45. The van der Waals surface area contributed by atoms with Crippen LogP contribution in [0.3, 0.4) is 0 Å². The third-order valence-electron chi connectivity index (χ3n) is 2.11. The Morgan fingerprint density at radius 1 is 1.40 bits per heavy atom. The smallest absolute Gasteiger partial charge is 0.333 e. The lowest BCUT2D eigenvalue weighted by atomic mass is 10.2. The minimum absolute atomic E-state index is 0.585. The number of esters is 1. The highest BCUT2D eigenvalue weighted by atomic mass is 28.1. The number of carbonyl (C=O) groups is 2. The molecular formula is C9H14O5Si. The highest BCUT2D eigenvalue weighted by Gasteiger charge is 2.30. The summed E-state index contributed by atoms with van der Waals surface area (Å²) in [5, 5.41) is 8.32. The maximum atomic E-state index is 11.2. The molecule has 0 aliphatic carbocycles. The first-order valence-corrected chi connectivity index (χ1v) is 5.80. The van der Waals surface area contributed by atoms with E-state index in [2.05, 4.69) is 0 Å². The molecule has 1 aliphatic heterocycles. The first-order chi connectivity index (χ1) is 7.02. The van der Waals surface area contributed by atoms with Crippen LogP contribution in [-0.4, -0.2) is 39.3 Å². The Kier molecular flexibility index (Phi) is 4.04. The summed E-state index contributed by atoms with van der Waals surface area (Å²) in [5.41, 5.74) is -0.766. The second kappa shape index (κ2) is 5.08. The van der Waals surface area contributed by atoms with E-state index in [0.717, 1.165) is 25.0 Å². The van der Waals surface area contributed by atoms with E-state index in [-0.39, 0.29) is 0 Å². The molecule has 1 aliphatic rings. The number of carboxylic acid groups (broad SMARTS) is 1. The van der Waals surface area contributed by atoms with Gasteiger partial charge < -0.3 is 14.6 Å². The number of carbonyl (C=O) groups excluding carboxylic acids is 1. The zero-order valence-electron chi connectivity index (χ0n) is 8.56. The van der Waals surface area contributed by atoms with Crippen molar-refractivity contribution in [2.75, 3.05) is 6.61 Å². The van der Waals surface area contributed by atoms with E-state index in [1.807, 2.05) is 0 Å². The van der Waals surface area contributed by atoms with Crippen LogP contribution in [0.1, 0.15) is 19.3 Å². The molecule has 0 bridgehead atoms. The van der Waals surface area contributed by atoms with Crippen molar-refractivity contribution in [1.82, 2.24) is 0 Å². The Hall–Kier alpha value is -1.14. The molecule has 0 aromatic rings. The number of carboxylic acids is 1. The molecule has 1 N–H and O–H groups in total. The van der Waals surface area contributed by atoms with Gasteiger partial charge in [0, 0.05) is 18.6 Å². The molecule has 0 radical (unpaired) electrons. The van der Waals surface area contributed by atoms with Gasteiger partial charge in [-0.05, 0) is 12.8 Å². The van der Waals surface area contributed by atoms with E-state index < -0.39 is 17.3 Å². The summed E-state index contributed by atoms with van der Waals surface area (Å²) in [5.74, 6) is -1.83. The normalized spacial score (nSPS) is 26.7. The van der Waals surface area contributed by atoms with Crippen LogP contribution in [0.25, 0.3) is 0 Å². The van der Waals surface area contributed by atoms with Gasteiger partial charge in [0.2, 0.25) is 0 Å². The molecule has 84 valence electrons. The minimum Gasteiger partial charge on any atom is -0.478 e. The van der Waals surface area contributed by atoms with E-state index in [1.165, 1.54) is 0 Å². The maximum absolute atomic E-state index is 11.2. The van der Waals surface area contributed by atoms with Gasteiger partial charge in [0.15, 0.2) is 5.41 Å². The summed E-state index contributed by atoms with van der Waals surface area (Å²) < 4.78 is 10.5. The minimum atomic E-state index is -1.17. The van der Waals surface area contributed by atoms with E-state index in [1.54, 1.807) is 0 Å². The van der Waals surface area contributed by atoms with Crippen molar-refractivity contribution in [3.63, 3.8) is 0 Å². The number of ether oxygens (including phenoxy) is 2. The van der Waals surface area contributed by atoms with Crippen LogP contribution >= 0.6 is 0 Å². The molecule has 0 spiro atoms. The largest absolute Gasteiger partial charge is 0.478 e. The van der Waals surface area contributed by atoms with E-state index in [0.29, 0.717) is 23.3 Å². The van der Waals surface area contributed by atoms with Gasteiger partial charge >= 0.3 is 11.9 Å². The highest BCUT2D eigenvalue weighted by Crippen LogP contribution is 2.22. The topological polar surface area (TPSA) is 72.8 Å². The number of hydrogen-bond donors (Lipinski definition) is 1. The van der Waals surface area contributed by atoms with Crippen molar-refractivity contribution < 1.29 is 24.2 Å². The van der Waals surface area contributed by atoms with Gasteiger partial charge in [-0.2, -0.15) is 0 Å². The average Bonchev–Trinajstić information content (AvgIpc) is 2.15. The lowest BCUT2D eigenvalue weighted by molar-refractivity contribution is -0.201. The summed E-state index contributed by atoms with van der Waals surface area (Å²) >= 11 is 0. The highest BCUT2D eigenvalue weighted by molar-refractivity contribution is 6.14. The SMILES string of the molecule is O=C(O)/C=C/C(=O)OC1([SiH3])CCCCO1. The molecule has 1 unspecified atom stereocenters. The average molecular weight is 230 g/mol. The first-order valence-electron chi connectivity index (χ1n) is 4.80. The molecule has 1 heterocycles. The van der Waals surface area contributed by atoms with Crippen molar-refractivity contribution in [1.29, 1.82) is 0 Å². The van der Waals surface area contributed by atoms with Gasteiger partial charge in [0.05, 0.1) is 16.8 Å². The molecule has 1 saturated heterocycles. The molecule has 15 heavy (non-hydrogen) atoms. The van der Waals surface area contributed by atoms with Gasteiger partial charge in [-0.1, -0.05) is 0 Å². The summed E-state index contributed by atoms with van der Waals surface area (Å²) in [6, 6.07) is 0. The molecule has 1 fully saturated rings. The molecule has 6 heteroatoms. The molecule has 0 aromatic carbocycles. The van der Waals surface area contributed by atoms with Crippen LogP contribution in [0.4, 0.5) is 0 Å². The summed E-state index contributed by atoms with van der Waals surface area (Å²) in [7, 11) is 0.585. The van der Waals surface area contributed by atoms with Crippen molar-refractivity contribution in [2.24, 2.45) is 0 Å². The zero-order chi connectivity index (χ0) is 11.3.